The summed E-state index contributed by atoms with van der Waals surface area (Å²) in [5.74, 6) is 0. The number of hydrogen-bond acceptors (Lipinski definition) is 2. The lowest BCUT2D eigenvalue weighted by atomic mass is 9.85. The monoisotopic (exact) mass is 838 g/mol. The minimum absolute atomic E-state index is 0.0305. The summed E-state index contributed by atoms with van der Waals surface area (Å²) in [5.41, 5.74) is 7.22. The van der Waals surface area contributed by atoms with Crippen LogP contribution in [0.2, 0.25) is 0 Å². The first-order valence-electron chi connectivity index (χ1n) is 23.1. The Kier molecular flexibility index (Phi) is 8.14. The fraction of sp³-hybridized carbons (Fsp3) is 0.0312. The number of anilines is 5. The van der Waals surface area contributed by atoms with Crippen molar-refractivity contribution in [1.82, 2.24) is 0 Å². The molecule has 0 fully saturated rings. The van der Waals surface area contributed by atoms with Crippen molar-refractivity contribution in [2.45, 2.75) is 12.5 Å². The van der Waals surface area contributed by atoms with Gasteiger partial charge in [0, 0.05) is 27.5 Å². The van der Waals surface area contributed by atoms with E-state index in [1.54, 1.807) is 0 Å². The normalized spacial score (nSPS) is 13.7. The zero-order valence-corrected chi connectivity index (χ0v) is 36.2. The Morgan fingerprint density at radius 3 is 1.47 bits per heavy atom. The van der Waals surface area contributed by atoms with Gasteiger partial charge in [-0.1, -0.05) is 194 Å². The van der Waals surface area contributed by atoms with Crippen LogP contribution in [0.4, 0.5) is 28.4 Å². The maximum atomic E-state index is 2.65. The Labute approximate surface area is 382 Å². The van der Waals surface area contributed by atoms with Crippen LogP contribution in [0, 0.1) is 0 Å². The SMILES string of the molecule is C1=c2ccc3c(N(c4ccc5ccccc5c4)c4cc5ccccc5c5ccccc45)ccc4ccc(c2c43)C(N(c2ccc3ccccc3c2)c2cc3ccccc3c3ccccc23)C1. The average Bonchev–Trinajstić information content (AvgIpc) is 3.38. The summed E-state index contributed by atoms with van der Waals surface area (Å²) < 4.78 is 0. The van der Waals surface area contributed by atoms with E-state index < -0.39 is 0 Å². The first kappa shape index (κ1) is 37.0. The molecule has 0 amide bonds. The summed E-state index contributed by atoms with van der Waals surface area (Å²) in [6.07, 6.45) is 3.36. The Bertz CT molecular complexity index is 4180. The van der Waals surface area contributed by atoms with Crippen molar-refractivity contribution >= 4 is 121 Å². The van der Waals surface area contributed by atoms with E-state index in [-0.39, 0.29) is 6.04 Å². The molecule has 1 aliphatic carbocycles. The molecule has 308 valence electrons. The number of rotatable bonds is 6. The number of benzene rings is 13. The first-order chi connectivity index (χ1) is 32.7. The molecule has 0 spiro atoms. The molecule has 66 heavy (non-hydrogen) atoms. The van der Waals surface area contributed by atoms with Gasteiger partial charge in [0.15, 0.2) is 0 Å². The minimum atomic E-state index is 0.0305. The highest BCUT2D eigenvalue weighted by molar-refractivity contribution is 6.21. The molecular formula is C64H42N2. The standard InChI is InChI=1S/C64H42N2/c1-3-15-45-37-49(31-25-41(45)13-1)65(61-39-47-17-5-7-19-51(47)53-21-9-11-23-55(53)61)59-35-29-43-28-34-58-60(36-30-44-27-33-57(59)63(43)64(44)58)66(50-32-26-42-14-2-4-16-46(42)38-50)62-40-48-18-6-8-20-52(48)54-22-10-12-24-56(54)62/h1-35,37-40,60H,36H2. The van der Waals surface area contributed by atoms with Crippen molar-refractivity contribution in [3.63, 3.8) is 0 Å². The summed E-state index contributed by atoms with van der Waals surface area (Å²) >= 11 is 0. The molecular weight excluding hydrogens is 797 g/mol. The molecule has 0 bridgehead atoms. The molecule has 2 heteroatoms. The van der Waals surface area contributed by atoms with Gasteiger partial charge in [0.2, 0.25) is 0 Å². The Hall–Kier alpha value is -8.46. The second kappa shape index (κ2) is 14.5. The molecule has 2 nitrogen and oxygen atoms in total. The van der Waals surface area contributed by atoms with Gasteiger partial charge in [0.1, 0.15) is 0 Å². The molecule has 1 aliphatic rings. The number of nitrogens with zero attached hydrogens (tertiary/aromatic N) is 2. The van der Waals surface area contributed by atoms with Gasteiger partial charge in [-0.05, 0) is 130 Å². The summed E-state index contributed by atoms with van der Waals surface area (Å²) in [5, 5.41) is 21.4. The molecule has 0 aromatic heterocycles. The highest BCUT2D eigenvalue weighted by Gasteiger charge is 2.30. The predicted molar refractivity (Wildman–Crippen MR) is 283 cm³/mol. The van der Waals surface area contributed by atoms with Gasteiger partial charge in [0.05, 0.1) is 23.1 Å². The largest absolute Gasteiger partial charge is 0.333 e. The predicted octanol–water partition coefficient (Wildman–Crippen LogP) is 17.2. The van der Waals surface area contributed by atoms with Crippen LogP contribution in [0.5, 0.6) is 0 Å². The molecule has 0 N–H and O–H groups in total. The topological polar surface area (TPSA) is 6.48 Å². The molecule has 0 saturated heterocycles. The van der Waals surface area contributed by atoms with Crippen LogP contribution in [0.3, 0.4) is 0 Å². The molecule has 0 radical (unpaired) electrons. The molecule has 13 aromatic carbocycles. The maximum Gasteiger partial charge on any atom is 0.0632 e. The number of fused-ring (bicyclic) bond motifs is 8. The van der Waals surface area contributed by atoms with Gasteiger partial charge in [0.25, 0.3) is 0 Å². The van der Waals surface area contributed by atoms with Gasteiger partial charge in [-0.15, -0.1) is 0 Å². The van der Waals surface area contributed by atoms with Gasteiger partial charge < -0.3 is 9.80 Å². The van der Waals surface area contributed by atoms with Crippen LogP contribution in [0.15, 0.2) is 231 Å². The van der Waals surface area contributed by atoms with Crippen molar-refractivity contribution in [3.8, 4) is 0 Å². The van der Waals surface area contributed by atoms with E-state index >= 15 is 0 Å². The zero-order chi connectivity index (χ0) is 43.3. The van der Waals surface area contributed by atoms with Crippen molar-refractivity contribution in [2.24, 2.45) is 0 Å². The molecule has 0 saturated carbocycles. The lowest BCUT2D eigenvalue weighted by molar-refractivity contribution is 0.728. The maximum absolute atomic E-state index is 2.65. The molecule has 0 heterocycles. The molecule has 1 unspecified atom stereocenters. The van der Waals surface area contributed by atoms with Crippen LogP contribution in [-0.2, 0) is 0 Å². The lowest BCUT2D eigenvalue weighted by Crippen LogP contribution is -2.28. The third-order valence-corrected chi connectivity index (χ3v) is 14.4. The van der Waals surface area contributed by atoms with Crippen molar-refractivity contribution < 1.29 is 0 Å². The zero-order valence-electron chi connectivity index (χ0n) is 36.2. The summed E-state index contributed by atoms with van der Waals surface area (Å²) in [6.45, 7) is 0. The highest BCUT2D eigenvalue weighted by Crippen LogP contribution is 2.50. The van der Waals surface area contributed by atoms with Crippen LogP contribution in [-0.4, -0.2) is 0 Å². The van der Waals surface area contributed by atoms with Crippen LogP contribution in [0.25, 0.3) is 92.3 Å². The lowest BCUT2D eigenvalue weighted by Gasteiger charge is -2.37. The van der Waals surface area contributed by atoms with E-state index in [0.29, 0.717) is 0 Å². The summed E-state index contributed by atoms with van der Waals surface area (Å²) in [6, 6.07) is 86.0. The molecule has 13 aromatic rings. The third kappa shape index (κ3) is 5.61. The highest BCUT2D eigenvalue weighted by atomic mass is 15.2. The van der Waals surface area contributed by atoms with Gasteiger partial charge in [-0.25, -0.2) is 0 Å². The van der Waals surface area contributed by atoms with E-state index in [1.807, 2.05) is 0 Å². The van der Waals surface area contributed by atoms with E-state index in [2.05, 4.69) is 246 Å². The van der Waals surface area contributed by atoms with Gasteiger partial charge in [-0.2, -0.15) is 0 Å². The Morgan fingerprint density at radius 2 is 0.803 bits per heavy atom. The smallest absolute Gasteiger partial charge is 0.0632 e. The van der Waals surface area contributed by atoms with Crippen LogP contribution < -0.4 is 15.0 Å². The quantitative estimate of drug-likeness (QED) is 0.154. The van der Waals surface area contributed by atoms with Crippen molar-refractivity contribution in [1.29, 1.82) is 0 Å². The van der Waals surface area contributed by atoms with Gasteiger partial charge >= 0.3 is 0 Å². The summed E-state index contributed by atoms with van der Waals surface area (Å²) in [4.78, 5) is 5.17. The second-order valence-electron chi connectivity index (χ2n) is 18.0. The van der Waals surface area contributed by atoms with Crippen molar-refractivity contribution in [2.75, 3.05) is 9.80 Å². The first-order valence-corrected chi connectivity index (χ1v) is 23.1. The van der Waals surface area contributed by atoms with Crippen LogP contribution >= 0.6 is 0 Å². The fourth-order valence-electron chi connectivity index (χ4n) is 11.4. The fourth-order valence-corrected chi connectivity index (χ4v) is 11.4. The van der Waals surface area contributed by atoms with Crippen molar-refractivity contribution in [3.05, 3.63) is 241 Å². The Balaban J connectivity index is 1.04. The third-order valence-electron chi connectivity index (χ3n) is 14.4. The number of hydrogen-bond donors (Lipinski definition) is 0. The Morgan fingerprint density at radius 1 is 0.303 bits per heavy atom. The summed E-state index contributed by atoms with van der Waals surface area (Å²) in [7, 11) is 0. The van der Waals surface area contributed by atoms with E-state index in [9.17, 15) is 0 Å². The van der Waals surface area contributed by atoms with E-state index in [4.69, 9.17) is 0 Å². The molecule has 14 rings (SSSR count). The van der Waals surface area contributed by atoms with E-state index in [0.717, 1.165) is 17.8 Å². The van der Waals surface area contributed by atoms with Crippen LogP contribution in [0.1, 0.15) is 18.0 Å². The minimum Gasteiger partial charge on any atom is -0.333 e. The average molecular weight is 839 g/mol. The molecule has 0 aliphatic heterocycles. The van der Waals surface area contributed by atoms with Gasteiger partial charge in [-0.3, -0.25) is 0 Å². The molecule has 1 atom stereocenters. The second-order valence-corrected chi connectivity index (χ2v) is 18.0. The van der Waals surface area contributed by atoms with E-state index in [1.165, 1.54) is 114 Å².